The standard InChI is InChI=1S/C17H26BrN3/c1-20-9-3-4-14-13-21(10-7-17(14)20)11-8-19-16-6-2-5-15(18)12-16/h2,5-6,12,14,17,19H,3-4,7-11,13H2,1H3. The normalized spacial score (nSPS) is 27.3. The molecule has 0 aliphatic carbocycles. The molecule has 0 saturated carbocycles. The van der Waals surface area contributed by atoms with Gasteiger partial charge in [0.25, 0.3) is 0 Å². The molecule has 0 aromatic heterocycles. The van der Waals surface area contributed by atoms with Crippen LogP contribution in [0.3, 0.4) is 0 Å². The fraction of sp³-hybridized carbons (Fsp3) is 0.647. The van der Waals surface area contributed by atoms with E-state index in [1.54, 1.807) is 0 Å². The number of benzene rings is 1. The first-order valence-electron chi connectivity index (χ1n) is 8.14. The van der Waals surface area contributed by atoms with Gasteiger partial charge in [-0.1, -0.05) is 22.0 Å². The quantitative estimate of drug-likeness (QED) is 0.897. The van der Waals surface area contributed by atoms with E-state index in [1.807, 2.05) is 0 Å². The van der Waals surface area contributed by atoms with Crippen molar-refractivity contribution in [1.29, 1.82) is 0 Å². The van der Waals surface area contributed by atoms with Gasteiger partial charge in [-0.2, -0.15) is 0 Å². The zero-order chi connectivity index (χ0) is 14.7. The van der Waals surface area contributed by atoms with E-state index < -0.39 is 0 Å². The molecule has 0 radical (unpaired) electrons. The van der Waals surface area contributed by atoms with Gasteiger partial charge in [-0.05, 0) is 63.5 Å². The molecular weight excluding hydrogens is 326 g/mol. The van der Waals surface area contributed by atoms with E-state index in [0.29, 0.717) is 0 Å². The number of hydrogen-bond acceptors (Lipinski definition) is 3. The molecule has 0 spiro atoms. The highest BCUT2D eigenvalue weighted by molar-refractivity contribution is 9.10. The summed E-state index contributed by atoms with van der Waals surface area (Å²) in [6.45, 7) is 6.02. The summed E-state index contributed by atoms with van der Waals surface area (Å²) in [6.07, 6.45) is 4.14. The van der Waals surface area contributed by atoms with Gasteiger partial charge in [0.05, 0.1) is 0 Å². The minimum atomic E-state index is 0.841. The smallest absolute Gasteiger partial charge is 0.0351 e. The molecule has 2 aliphatic heterocycles. The van der Waals surface area contributed by atoms with Gasteiger partial charge in [-0.3, -0.25) is 0 Å². The predicted molar refractivity (Wildman–Crippen MR) is 92.8 cm³/mol. The molecule has 0 amide bonds. The van der Waals surface area contributed by atoms with Crippen LogP contribution in [0.25, 0.3) is 0 Å². The number of anilines is 1. The molecule has 0 bridgehead atoms. The number of nitrogens with zero attached hydrogens (tertiary/aromatic N) is 2. The van der Waals surface area contributed by atoms with Gasteiger partial charge < -0.3 is 15.1 Å². The fourth-order valence-electron chi connectivity index (χ4n) is 3.89. The Kier molecular flexibility index (Phi) is 5.19. The summed E-state index contributed by atoms with van der Waals surface area (Å²) in [5, 5.41) is 3.53. The third-order valence-corrected chi connectivity index (χ3v) is 5.50. The monoisotopic (exact) mass is 351 g/mol. The van der Waals surface area contributed by atoms with Crippen LogP contribution in [0.2, 0.25) is 0 Å². The fourth-order valence-corrected chi connectivity index (χ4v) is 4.29. The van der Waals surface area contributed by atoms with Gasteiger partial charge in [0, 0.05) is 35.8 Å². The van der Waals surface area contributed by atoms with Crippen molar-refractivity contribution < 1.29 is 0 Å². The van der Waals surface area contributed by atoms with Crippen molar-refractivity contribution >= 4 is 21.6 Å². The van der Waals surface area contributed by atoms with E-state index in [4.69, 9.17) is 0 Å². The second kappa shape index (κ2) is 7.12. The number of halogens is 1. The van der Waals surface area contributed by atoms with Crippen LogP contribution in [0.5, 0.6) is 0 Å². The summed E-state index contributed by atoms with van der Waals surface area (Å²) >= 11 is 3.52. The number of piperidine rings is 2. The molecule has 4 heteroatoms. The summed E-state index contributed by atoms with van der Waals surface area (Å²) < 4.78 is 1.14. The molecule has 2 saturated heterocycles. The number of likely N-dealkylation sites (tertiary alicyclic amines) is 2. The Morgan fingerprint density at radius 2 is 2.19 bits per heavy atom. The highest BCUT2D eigenvalue weighted by Gasteiger charge is 2.33. The molecular formula is C17H26BrN3. The minimum absolute atomic E-state index is 0.841. The van der Waals surface area contributed by atoms with Crippen molar-refractivity contribution in [1.82, 2.24) is 9.80 Å². The Balaban J connectivity index is 1.44. The molecule has 1 aromatic carbocycles. The maximum absolute atomic E-state index is 3.53. The van der Waals surface area contributed by atoms with E-state index in [-0.39, 0.29) is 0 Å². The summed E-state index contributed by atoms with van der Waals surface area (Å²) in [5.74, 6) is 0.892. The Labute approximate surface area is 136 Å². The summed E-state index contributed by atoms with van der Waals surface area (Å²) in [7, 11) is 2.31. The lowest BCUT2D eigenvalue weighted by molar-refractivity contribution is 0.0403. The van der Waals surface area contributed by atoms with Crippen LogP contribution >= 0.6 is 15.9 Å². The van der Waals surface area contributed by atoms with Crippen LogP contribution in [0.15, 0.2) is 28.7 Å². The Hall–Kier alpha value is -0.580. The molecule has 1 N–H and O–H groups in total. The molecule has 3 rings (SSSR count). The van der Waals surface area contributed by atoms with E-state index in [0.717, 1.165) is 29.5 Å². The first-order chi connectivity index (χ1) is 10.2. The van der Waals surface area contributed by atoms with Crippen LogP contribution in [-0.4, -0.2) is 55.6 Å². The van der Waals surface area contributed by atoms with Crippen LogP contribution in [0.4, 0.5) is 5.69 Å². The molecule has 116 valence electrons. The second-order valence-electron chi connectivity index (χ2n) is 6.48. The van der Waals surface area contributed by atoms with Gasteiger partial charge in [-0.15, -0.1) is 0 Å². The summed E-state index contributed by atoms with van der Waals surface area (Å²) in [4.78, 5) is 5.23. The summed E-state index contributed by atoms with van der Waals surface area (Å²) in [5.41, 5.74) is 1.21. The van der Waals surface area contributed by atoms with Crippen LogP contribution in [0.1, 0.15) is 19.3 Å². The average molecular weight is 352 g/mol. The van der Waals surface area contributed by atoms with Crippen molar-refractivity contribution in [2.75, 3.05) is 45.1 Å². The predicted octanol–water partition coefficient (Wildman–Crippen LogP) is 3.28. The topological polar surface area (TPSA) is 18.5 Å². The molecule has 2 unspecified atom stereocenters. The zero-order valence-electron chi connectivity index (χ0n) is 12.9. The van der Waals surface area contributed by atoms with E-state index in [2.05, 4.69) is 62.4 Å². The zero-order valence-corrected chi connectivity index (χ0v) is 14.5. The van der Waals surface area contributed by atoms with E-state index in [1.165, 1.54) is 44.6 Å². The van der Waals surface area contributed by atoms with Crippen molar-refractivity contribution in [2.24, 2.45) is 5.92 Å². The number of hydrogen-bond donors (Lipinski definition) is 1. The van der Waals surface area contributed by atoms with Gasteiger partial charge in [0.15, 0.2) is 0 Å². The van der Waals surface area contributed by atoms with Gasteiger partial charge in [0.2, 0.25) is 0 Å². The average Bonchev–Trinajstić information content (AvgIpc) is 2.47. The molecule has 1 aromatic rings. The second-order valence-corrected chi connectivity index (χ2v) is 7.39. The van der Waals surface area contributed by atoms with Crippen molar-refractivity contribution in [2.45, 2.75) is 25.3 Å². The van der Waals surface area contributed by atoms with Crippen LogP contribution in [-0.2, 0) is 0 Å². The molecule has 2 fully saturated rings. The third kappa shape index (κ3) is 3.99. The van der Waals surface area contributed by atoms with Crippen LogP contribution in [0, 0.1) is 5.92 Å². The lowest BCUT2D eigenvalue weighted by Gasteiger charge is -2.46. The molecule has 2 atom stereocenters. The van der Waals surface area contributed by atoms with Crippen LogP contribution < -0.4 is 5.32 Å². The van der Waals surface area contributed by atoms with Crippen molar-refractivity contribution in [3.63, 3.8) is 0 Å². The van der Waals surface area contributed by atoms with E-state index >= 15 is 0 Å². The minimum Gasteiger partial charge on any atom is -0.384 e. The maximum atomic E-state index is 3.53. The van der Waals surface area contributed by atoms with E-state index in [9.17, 15) is 0 Å². The Bertz CT molecular complexity index is 465. The third-order valence-electron chi connectivity index (χ3n) is 5.01. The first kappa shape index (κ1) is 15.3. The maximum Gasteiger partial charge on any atom is 0.0351 e. The Morgan fingerprint density at radius 1 is 1.29 bits per heavy atom. The molecule has 21 heavy (non-hydrogen) atoms. The van der Waals surface area contributed by atoms with Gasteiger partial charge in [0.1, 0.15) is 0 Å². The Morgan fingerprint density at radius 3 is 3.05 bits per heavy atom. The van der Waals surface area contributed by atoms with Gasteiger partial charge >= 0.3 is 0 Å². The number of nitrogens with one attached hydrogen (secondary N) is 1. The summed E-state index contributed by atoms with van der Waals surface area (Å²) in [6, 6.07) is 9.26. The highest BCUT2D eigenvalue weighted by atomic mass is 79.9. The largest absolute Gasteiger partial charge is 0.384 e. The lowest BCUT2D eigenvalue weighted by Crippen LogP contribution is -2.53. The van der Waals surface area contributed by atoms with Gasteiger partial charge in [-0.25, -0.2) is 0 Å². The SMILES string of the molecule is CN1CCCC2CN(CCNc3cccc(Br)c3)CCC21. The van der Waals surface area contributed by atoms with Crippen molar-refractivity contribution in [3.05, 3.63) is 28.7 Å². The molecule has 2 heterocycles. The molecule has 2 aliphatic rings. The number of fused-ring (bicyclic) bond motifs is 1. The molecule has 3 nitrogen and oxygen atoms in total. The first-order valence-corrected chi connectivity index (χ1v) is 8.94. The van der Waals surface area contributed by atoms with Crippen molar-refractivity contribution in [3.8, 4) is 0 Å². The number of rotatable bonds is 4. The highest BCUT2D eigenvalue weighted by Crippen LogP contribution is 2.29. The lowest BCUT2D eigenvalue weighted by atomic mass is 9.84.